The van der Waals surface area contributed by atoms with Gasteiger partial charge in [-0.15, -0.1) is 0 Å². The highest BCUT2D eigenvalue weighted by atomic mass is 19.1. The smallest absolute Gasteiger partial charge is 0.249 e. The SMILES string of the molecule is C=CO.O=C1CCC(Nc2ccc(N3CCN(C4CCCCC4)CC3)c(F)c2)C(=O)N1. The highest BCUT2D eigenvalue weighted by molar-refractivity contribution is 6.01. The molecule has 31 heavy (non-hydrogen) atoms. The highest BCUT2D eigenvalue weighted by Crippen LogP contribution is 2.28. The van der Waals surface area contributed by atoms with Crippen molar-refractivity contribution in [3.05, 3.63) is 36.9 Å². The van der Waals surface area contributed by atoms with Crippen molar-refractivity contribution in [3.63, 3.8) is 0 Å². The van der Waals surface area contributed by atoms with Gasteiger partial charge in [0, 0.05) is 44.3 Å². The first kappa shape index (κ1) is 23.1. The van der Waals surface area contributed by atoms with Crippen LogP contribution in [0.3, 0.4) is 0 Å². The number of anilines is 2. The summed E-state index contributed by atoms with van der Waals surface area (Å²) in [4.78, 5) is 27.8. The molecule has 1 saturated carbocycles. The minimum absolute atomic E-state index is 0.253. The quantitative estimate of drug-likeness (QED) is 0.501. The van der Waals surface area contributed by atoms with Crippen molar-refractivity contribution in [2.24, 2.45) is 0 Å². The van der Waals surface area contributed by atoms with Crippen LogP contribution >= 0.6 is 0 Å². The zero-order chi connectivity index (χ0) is 22.2. The zero-order valence-electron chi connectivity index (χ0n) is 18.0. The summed E-state index contributed by atoms with van der Waals surface area (Å²) in [6.07, 6.45) is 8.11. The van der Waals surface area contributed by atoms with Crippen molar-refractivity contribution >= 4 is 23.2 Å². The van der Waals surface area contributed by atoms with Crippen molar-refractivity contribution in [3.8, 4) is 0 Å². The number of carbonyl (C=O) groups excluding carboxylic acids is 2. The lowest BCUT2D eigenvalue weighted by atomic mass is 9.94. The van der Waals surface area contributed by atoms with Crippen molar-refractivity contribution < 1.29 is 19.1 Å². The Morgan fingerprint density at radius 2 is 1.77 bits per heavy atom. The van der Waals surface area contributed by atoms with Gasteiger partial charge >= 0.3 is 0 Å². The molecule has 0 bridgehead atoms. The number of hydrogen-bond acceptors (Lipinski definition) is 6. The number of hydrogen-bond donors (Lipinski definition) is 3. The maximum Gasteiger partial charge on any atom is 0.249 e. The van der Waals surface area contributed by atoms with E-state index in [9.17, 15) is 14.0 Å². The van der Waals surface area contributed by atoms with Crippen LogP contribution in [-0.4, -0.2) is 60.1 Å². The molecule has 2 saturated heterocycles. The van der Waals surface area contributed by atoms with E-state index in [4.69, 9.17) is 5.11 Å². The highest BCUT2D eigenvalue weighted by Gasteiger charge is 2.28. The van der Waals surface area contributed by atoms with E-state index in [1.54, 1.807) is 6.07 Å². The molecule has 0 radical (unpaired) electrons. The van der Waals surface area contributed by atoms with E-state index in [-0.39, 0.29) is 17.6 Å². The van der Waals surface area contributed by atoms with E-state index < -0.39 is 6.04 Å². The molecule has 3 N–H and O–H groups in total. The normalized spacial score (nSPS) is 22.9. The van der Waals surface area contributed by atoms with Gasteiger partial charge in [0.2, 0.25) is 11.8 Å². The van der Waals surface area contributed by atoms with Crippen LogP contribution in [0.4, 0.5) is 15.8 Å². The summed E-state index contributed by atoms with van der Waals surface area (Å²) in [5.41, 5.74) is 1.19. The molecule has 3 aliphatic rings. The van der Waals surface area contributed by atoms with Crippen LogP contribution in [0, 0.1) is 5.82 Å². The number of aliphatic hydroxyl groups is 1. The predicted molar refractivity (Wildman–Crippen MR) is 120 cm³/mol. The Hall–Kier alpha value is -2.61. The van der Waals surface area contributed by atoms with Crippen LogP contribution in [0.25, 0.3) is 0 Å². The van der Waals surface area contributed by atoms with Crippen molar-refractivity contribution in [2.45, 2.75) is 57.0 Å². The Morgan fingerprint density at radius 1 is 1.10 bits per heavy atom. The fourth-order valence-corrected chi connectivity index (χ4v) is 4.66. The van der Waals surface area contributed by atoms with Gasteiger partial charge in [0.15, 0.2) is 0 Å². The van der Waals surface area contributed by atoms with Crippen LogP contribution in [0.5, 0.6) is 0 Å². The number of imide groups is 1. The molecule has 1 unspecified atom stereocenters. The summed E-state index contributed by atoms with van der Waals surface area (Å²) in [5, 5.41) is 12.7. The van der Waals surface area contributed by atoms with E-state index in [1.807, 2.05) is 6.07 Å². The molecule has 1 aliphatic carbocycles. The van der Waals surface area contributed by atoms with Gasteiger partial charge in [0.25, 0.3) is 0 Å². The van der Waals surface area contributed by atoms with E-state index in [0.717, 1.165) is 32.4 Å². The van der Waals surface area contributed by atoms with Gasteiger partial charge in [-0.05, 0) is 37.5 Å². The van der Waals surface area contributed by atoms with Crippen molar-refractivity contribution in [1.29, 1.82) is 0 Å². The van der Waals surface area contributed by atoms with Gasteiger partial charge in [-0.2, -0.15) is 0 Å². The van der Waals surface area contributed by atoms with Gasteiger partial charge in [0.05, 0.1) is 11.9 Å². The molecule has 170 valence electrons. The zero-order valence-corrected chi connectivity index (χ0v) is 18.0. The lowest BCUT2D eigenvalue weighted by molar-refractivity contribution is -0.133. The number of carbonyl (C=O) groups is 2. The number of nitrogens with one attached hydrogen (secondary N) is 2. The minimum Gasteiger partial charge on any atom is -0.516 e. The Labute approximate surface area is 183 Å². The summed E-state index contributed by atoms with van der Waals surface area (Å²) < 4.78 is 14.7. The predicted octanol–water partition coefficient (Wildman–Crippen LogP) is 3.19. The average Bonchev–Trinajstić information content (AvgIpc) is 2.77. The number of amides is 2. The molecule has 0 aromatic heterocycles. The maximum atomic E-state index is 14.7. The molecule has 8 heteroatoms. The minimum atomic E-state index is -0.498. The lowest BCUT2D eigenvalue weighted by Crippen LogP contribution is -2.51. The van der Waals surface area contributed by atoms with Crippen molar-refractivity contribution in [2.75, 3.05) is 36.4 Å². The Balaban J connectivity index is 0.000000858. The second kappa shape index (κ2) is 11.1. The molecule has 1 aromatic carbocycles. The van der Waals surface area contributed by atoms with Crippen LogP contribution in [0.15, 0.2) is 31.0 Å². The Bertz CT molecular complexity index is 774. The molecule has 2 aliphatic heterocycles. The van der Waals surface area contributed by atoms with Crippen LogP contribution in [0.2, 0.25) is 0 Å². The van der Waals surface area contributed by atoms with E-state index in [0.29, 0.717) is 30.3 Å². The van der Waals surface area contributed by atoms with Gasteiger partial charge < -0.3 is 15.3 Å². The number of nitrogens with zero attached hydrogens (tertiary/aromatic N) is 2. The second-order valence-electron chi connectivity index (χ2n) is 8.31. The molecule has 7 nitrogen and oxygen atoms in total. The van der Waals surface area contributed by atoms with Crippen LogP contribution in [-0.2, 0) is 9.59 Å². The first-order valence-corrected chi connectivity index (χ1v) is 11.2. The number of piperidine rings is 1. The molecule has 2 heterocycles. The number of aliphatic hydroxyl groups excluding tert-OH is 1. The first-order valence-electron chi connectivity index (χ1n) is 11.2. The molecule has 2 amide bonds. The third-order valence-electron chi connectivity index (χ3n) is 6.27. The third-order valence-corrected chi connectivity index (χ3v) is 6.27. The average molecular weight is 433 g/mol. The van der Waals surface area contributed by atoms with E-state index in [2.05, 4.69) is 27.0 Å². The number of halogens is 1. The molecule has 1 aromatic rings. The standard InChI is InChI=1S/C21H29FN4O2.C2H4O/c22-17-14-15(23-18-7-9-20(27)24-21(18)28)6-8-19(17)26-12-10-25(11-13-26)16-4-2-1-3-5-16;1-2-3/h6,8,14,16,18,23H,1-5,7,9-13H2,(H,24,27,28);2-3H,1H2. The maximum absolute atomic E-state index is 14.7. The molecular weight excluding hydrogens is 399 g/mol. The van der Waals surface area contributed by atoms with Crippen molar-refractivity contribution in [1.82, 2.24) is 10.2 Å². The summed E-state index contributed by atoms with van der Waals surface area (Å²) in [6.45, 7) is 6.57. The topological polar surface area (TPSA) is 84.9 Å². The summed E-state index contributed by atoms with van der Waals surface area (Å²) in [6, 6.07) is 5.27. The van der Waals surface area contributed by atoms with E-state index in [1.165, 1.54) is 38.2 Å². The lowest BCUT2D eigenvalue weighted by Gasteiger charge is -2.41. The van der Waals surface area contributed by atoms with E-state index >= 15 is 0 Å². The van der Waals surface area contributed by atoms with Crippen LogP contribution in [0.1, 0.15) is 44.9 Å². The molecule has 4 rings (SSSR count). The summed E-state index contributed by atoms with van der Waals surface area (Å²) in [5.74, 6) is -0.875. The molecule has 0 spiro atoms. The second-order valence-corrected chi connectivity index (χ2v) is 8.31. The molecular formula is C23H33FN4O3. The third kappa shape index (κ3) is 6.19. The van der Waals surface area contributed by atoms with Crippen LogP contribution < -0.4 is 15.5 Å². The monoisotopic (exact) mass is 432 g/mol. The number of piperazine rings is 1. The van der Waals surface area contributed by atoms with Gasteiger partial charge in [0.1, 0.15) is 11.9 Å². The summed E-state index contributed by atoms with van der Waals surface area (Å²) >= 11 is 0. The van der Waals surface area contributed by atoms with Gasteiger partial charge in [-0.1, -0.05) is 25.8 Å². The number of rotatable bonds is 4. The number of benzene rings is 1. The molecule has 1 atom stereocenters. The fraction of sp³-hybridized carbons (Fsp3) is 0.565. The Kier molecular flexibility index (Phi) is 8.28. The summed E-state index contributed by atoms with van der Waals surface area (Å²) in [7, 11) is 0. The largest absolute Gasteiger partial charge is 0.516 e. The van der Waals surface area contributed by atoms with Gasteiger partial charge in [-0.25, -0.2) is 4.39 Å². The Morgan fingerprint density at radius 3 is 2.39 bits per heavy atom. The van der Waals surface area contributed by atoms with Gasteiger partial charge in [-0.3, -0.25) is 19.8 Å². The fourth-order valence-electron chi connectivity index (χ4n) is 4.66. The molecule has 3 fully saturated rings. The first-order chi connectivity index (χ1) is 15.0.